The van der Waals surface area contributed by atoms with Gasteiger partial charge < -0.3 is 5.11 Å². The van der Waals surface area contributed by atoms with E-state index < -0.39 is 5.97 Å². The van der Waals surface area contributed by atoms with E-state index in [1.54, 1.807) is 0 Å². The van der Waals surface area contributed by atoms with Gasteiger partial charge in [-0.2, -0.15) is 0 Å². The maximum absolute atomic E-state index is 12.7. The van der Waals surface area contributed by atoms with Crippen molar-refractivity contribution in [2.24, 2.45) is 39.9 Å². The lowest BCUT2D eigenvalue weighted by Crippen LogP contribution is -2.59. The van der Waals surface area contributed by atoms with Crippen molar-refractivity contribution in [2.75, 3.05) is 0 Å². The maximum Gasteiger partial charge on any atom is 0.307 e. The Morgan fingerprint density at radius 2 is 1.78 bits per heavy atom. The number of aliphatic carboxylic acids is 1. The smallest absolute Gasteiger partial charge is 0.307 e. The molecule has 0 amide bonds. The Morgan fingerprint density at radius 1 is 1.04 bits per heavy atom. The Morgan fingerprint density at radius 3 is 2.48 bits per heavy atom. The molecule has 0 spiro atoms. The molecule has 0 heterocycles. The lowest BCUT2D eigenvalue weighted by Gasteiger charge is -2.67. The van der Waals surface area contributed by atoms with Crippen LogP contribution in [0.5, 0.6) is 0 Å². The van der Waals surface area contributed by atoms with E-state index in [0.717, 1.165) is 12.3 Å². The molecule has 1 N–H and O–H groups in total. The van der Waals surface area contributed by atoms with Crippen LogP contribution in [0.1, 0.15) is 85.5 Å². The summed E-state index contributed by atoms with van der Waals surface area (Å²) in [4.78, 5) is 23.9. The summed E-state index contributed by atoms with van der Waals surface area (Å²) < 4.78 is 0. The molecule has 3 nitrogen and oxygen atoms in total. The first-order chi connectivity index (χ1) is 12.6. The number of allylic oxidation sites excluding steroid dienone is 1. The molecule has 27 heavy (non-hydrogen) atoms. The molecule has 0 radical (unpaired) electrons. The topological polar surface area (TPSA) is 54.4 Å². The highest BCUT2D eigenvalue weighted by Crippen LogP contribution is 2.70. The molecular weight excluding hydrogens is 336 g/mol. The number of hydrogen-bond acceptors (Lipinski definition) is 2. The van der Waals surface area contributed by atoms with Crippen molar-refractivity contribution in [2.45, 2.75) is 85.5 Å². The molecule has 0 saturated heterocycles. The Labute approximate surface area is 164 Å². The molecule has 0 aromatic carbocycles. The van der Waals surface area contributed by atoms with Gasteiger partial charge in [0.25, 0.3) is 0 Å². The Balaban J connectivity index is 1.66. The number of ketones is 1. The summed E-state index contributed by atoms with van der Waals surface area (Å²) in [6.45, 7) is 10.0. The highest BCUT2D eigenvalue weighted by Gasteiger charge is 2.62. The molecule has 0 aromatic heterocycles. The summed E-state index contributed by atoms with van der Waals surface area (Å²) in [7, 11) is 0. The molecule has 4 rings (SSSR count). The minimum atomic E-state index is -0.884. The van der Waals surface area contributed by atoms with Crippen LogP contribution in [0, 0.1) is 39.9 Å². The normalized spacial score (nSPS) is 45.9. The third kappa shape index (κ3) is 2.83. The first-order valence-corrected chi connectivity index (χ1v) is 11.0. The van der Waals surface area contributed by atoms with Crippen molar-refractivity contribution >= 4 is 11.8 Å². The average Bonchev–Trinajstić information content (AvgIpc) is 2.54. The highest BCUT2D eigenvalue weighted by atomic mass is 16.4. The zero-order chi connectivity index (χ0) is 19.6. The summed E-state index contributed by atoms with van der Waals surface area (Å²) in [5, 5.41) is 9.14. The van der Waals surface area contributed by atoms with E-state index in [-0.39, 0.29) is 17.6 Å². The van der Waals surface area contributed by atoms with Crippen molar-refractivity contribution in [1.82, 2.24) is 0 Å². The molecule has 3 heteroatoms. The molecular formula is C24H36O3. The fraction of sp³-hybridized carbons (Fsp3) is 0.833. The second-order valence-electron chi connectivity index (χ2n) is 11.2. The Kier molecular flexibility index (Phi) is 4.40. The van der Waals surface area contributed by atoms with Gasteiger partial charge in [-0.1, -0.05) is 40.2 Å². The zero-order valence-corrected chi connectivity index (χ0v) is 17.5. The molecule has 0 bridgehead atoms. The SMILES string of the molecule is CC1(C)CCCC2(C)C1CCC1(C)C3CC(=O)C(CC(=O)O)=CC3CCC12. The second kappa shape index (κ2) is 6.19. The van der Waals surface area contributed by atoms with Crippen LogP contribution < -0.4 is 0 Å². The van der Waals surface area contributed by atoms with E-state index in [1.807, 2.05) is 0 Å². The molecule has 4 aliphatic carbocycles. The van der Waals surface area contributed by atoms with E-state index in [2.05, 4.69) is 33.8 Å². The van der Waals surface area contributed by atoms with E-state index in [9.17, 15) is 9.59 Å². The number of hydrogen-bond donors (Lipinski definition) is 1. The van der Waals surface area contributed by atoms with Gasteiger partial charge >= 0.3 is 5.97 Å². The third-order valence-corrected chi connectivity index (χ3v) is 9.51. The minimum absolute atomic E-state index is 0.0942. The lowest BCUT2D eigenvalue weighted by molar-refractivity contribution is -0.174. The van der Waals surface area contributed by atoms with E-state index in [0.29, 0.717) is 40.6 Å². The summed E-state index contributed by atoms with van der Waals surface area (Å²) in [5.74, 6) is 1.51. The van der Waals surface area contributed by atoms with E-state index >= 15 is 0 Å². The lowest BCUT2D eigenvalue weighted by atomic mass is 9.38. The standard InChI is InChI=1S/C24H36O3/c1-22(2)9-5-10-24(4)19(22)8-11-23(3)17-14-18(25)16(13-21(26)27)12-15(17)6-7-20(23)24/h12,15,17,19-20H,5-11,13-14H2,1-4H3,(H,26,27). The van der Waals surface area contributed by atoms with Crippen LogP contribution in [0.2, 0.25) is 0 Å². The van der Waals surface area contributed by atoms with Crippen molar-refractivity contribution in [3.05, 3.63) is 11.6 Å². The number of rotatable bonds is 2. The monoisotopic (exact) mass is 372 g/mol. The predicted octanol–water partition coefficient (Wildman–Crippen LogP) is 5.64. The molecule has 6 atom stereocenters. The van der Waals surface area contributed by atoms with Crippen molar-refractivity contribution < 1.29 is 14.7 Å². The average molecular weight is 373 g/mol. The summed E-state index contributed by atoms with van der Waals surface area (Å²) >= 11 is 0. The fourth-order valence-corrected chi connectivity index (χ4v) is 8.43. The molecule has 3 fully saturated rings. The van der Waals surface area contributed by atoms with Gasteiger partial charge in [0, 0.05) is 12.0 Å². The fourth-order valence-electron chi connectivity index (χ4n) is 8.43. The first-order valence-electron chi connectivity index (χ1n) is 11.0. The van der Waals surface area contributed by atoms with Crippen LogP contribution in [0.3, 0.4) is 0 Å². The van der Waals surface area contributed by atoms with Crippen LogP contribution in [0.25, 0.3) is 0 Å². The van der Waals surface area contributed by atoms with Gasteiger partial charge in [0.05, 0.1) is 6.42 Å². The quantitative estimate of drug-likeness (QED) is 0.683. The summed E-state index contributed by atoms with van der Waals surface area (Å²) in [6.07, 6.45) is 11.5. The molecule has 3 saturated carbocycles. The summed E-state index contributed by atoms with van der Waals surface area (Å²) in [5.41, 5.74) is 1.61. The zero-order valence-electron chi connectivity index (χ0n) is 17.5. The van der Waals surface area contributed by atoms with Crippen LogP contribution in [-0.2, 0) is 9.59 Å². The van der Waals surface area contributed by atoms with Crippen molar-refractivity contribution in [3.8, 4) is 0 Å². The Bertz CT molecular complexity index is 690. The highest BCUT2D eigenvalue weighted by molar-refractivity contribution is 5.99. The summed E-state index contributed by atoms with van der Waals surface area (Å²) in [6, 6.07) is 0. The van der Waals surface area contributed by atoms with Gasteiger partial charge in [0.1, 0.15) is 0 Å². The first kappa shape index (κ1) is 19.2. The third-order valence-electron chi connectivity index (χ3n) is 9.51. The second-order valence-corrected chi connectivity index (χ2v) is 11.2. The van der Waals surface area contributed by atoms with E-state index in [1.165, 1.54) is 38.5 Å². The molecule has 4 aliphatic rings. The van der Waals surface area contributed by atoms with Gasteiger partial charge in [-0.3, -0.25) is 9.59 Å². The molecule has 6 unspecified atom stereocenters. The number of fused-ring (bicyclic) bond motifs is 5. The van der Waals surface area contributed by atoms with Gasteiger partial charge in [-0.05, 0) is 78.4 Å². The van der Waals surface area contributed by atoms with Gasteiger partial charge in [0.2, 0.25) is 0 Å². The van der Waals surface area contributed by atoms with E-state index in [4.69, 9.17) is 5.11 Å². The largest absolute Gasteiger partial charge is 0.481 e. The molecule has 0 aromatic rings. The van der Waals surface area contributed by atoms with Crippen LogP contribution in [0.15, 0.2) is 11.6 Å². The van der Waals surface area contributed by atoms with Crippen molar-refractivity contribution in [1.29, 1.82) is 0 Å². The molecule has 150 valence electrons. The van der Waals surface area contributed by atoms with Crippen LogP contribution >= 0.6 is 0 Å². The number of carboxylic acid groups (broad SMARTS) is 1. The van der Waals surface area contributed by atoms with Crippen LogP contribution in [-0.4, -0.2) is 16.9 Å². The number of carbonyl (C=O) groups is 2. The maximum atomic E-state index is 12.7. The Hall–Kier alpha value is -1.12. The molecule has 0 aliphatic heterocycles. The minimum Gasteiger partial charge on any atom is -0.481 e. The van der Waals surface area contributed by atoms with Gasteiger partial charge in [0.15, 0.2) is 5.78 Å². The number of carboxylic acids is 1. The van der Waals surface area contributed by atoms with Crippen LogP contribution in [0.4, 0.5) is 0 Å². The number of Topliss-reactive ketones (excluding diaryl/α,β-unsaturated/α-hetero) is 1. The number of carbonyl (C=O) groups excluding carboxylic acids is 1. The van der Waals surface area contributed by atoms with Gasteiger partial charge in [-0.15, -0.1) is 0 Å². The predicted molar refractivity (Wildman–Crippen MR) is 106 cm³/mol. The van der Waals surface area contributed by atoms with Gasteiger partial charge in [-0.25, -0.2) is 0 Å². The van der Waals surface area contributed by atoms with Crippen molar-refractivity contribution in [3.63, 3.8) is 0 Å².